The number of benzene rings is 2. The van der Waals surface area contributed by atoms with E-state index in [0.717, 1.165) is 11.1 Å². The summed E-state index contributed by atoms with van der Waals surface area (Å²) in [6.45, 7) is 1.19. The largest absolute Gasteiger partial charge is 0.484 e. The normalized spacial score (nSPS) is 23.1. The Morgan fingerprint density at radius 3 is 2.41 bits per heavy atom. The summed E-state index contributed by atoms with van der Waals surface area (Å²) < 4.78 is 29.5. The Labute approximate surface area is 168 Å². The van der Waals surface area contributed by atoms with E-state index in [1.165, 1.54) is 18.4 Å². The van der Waals surface area contributed by atoms with E-state index in [2.05, 4.69) is 4.90 Å². The predicted octanol–water partition coefficient (Wildman–Crippen LogP) is 3.12. The summed E-state index contributed by atoms with van der Waals surface area (Å²) in [6.07, 6.45) is 1.27. The maximum Gasteiger partial charge on any atom is 0.175 e. The molecule has 1 aliphatic heterocycles. The molecule has 0 spiro atoms. The summed E-state index contributed by atoms with van der Waals surface area (Å²) in [4.78, 5) is 2.42. The number of rotatable bonds is 4. The fourth-order valence-electron chi connectivity index (χ4n) is 3.75. The van der Waals surface area contributed by atoms with Crippen LogP contribution in [0.3, 0.4) is 0 Å². The molecule has 4 rings (SSSR count). The van der Waals surface area contributed by atoms with Crippen LogP contribution >= 0.6 is 23.2 Å². The van der Waals surface area contributed by atoms with Crippen molar-refractivity contribution in [2.24, 2.45) is 0 Å². The van der Waals surface area contributed by atoms with Gasteiger partial charge in [0.25, 0.3) is 0 Å². The van der Waals surface area contributed by atoms with E-state index in [0.29, 0.717) is 35.3 Å². The lowest BCUT2D eigenvalue weighted by Gasteiger charge is -2.42. The van der Waals surface area contributed by atoms with Gasteiger partial charge in [-0.15, -0.1) is 0 Å². The zero-order chi connectivity index (χ0) is 19.3. The van der Waals surface area contributed by atoms with Crippen molar-refractivity contribution in [2.45, 2.75) is 29.6 Å². The standard InChI is InChI=1S/C19H19Cl2NO4S/c1-27(24,25)14-4-2-13(3-5-14)26-19-16-6-11(20)7-17(21)15(16)8-18(19)22-9-12(23)10-22/h2-7,12,18-19,23H,8-10H2,1H3/t18-,19+/m0/s1. The molecule has 1 fully saturated rings. The van der Waals surface area contributed by atoms with Crippen molar-refractivity contribution < 1.29 is 18.3 Å². The number of likely N-dealkylation sites (tertiary alicyclic amines) is 1. The van der Waals surface area contributed by atoms with Gasteiger partial charge in [-0.05, 0) is 48.4 Å². The minimum absolute atomic E-state index is 0.0361. The minimum atomic E-state index is -3.26. The van der Waals surface area contributed by atoms with E-state index < -0.39 is 9.84 Å². The Kier molecular flexibility index (Phi) is 4.89. The monoisotopic (exact) mass is 427 g/mol. The number of fused-ring (bicyclic) bond motifs is 1. The third-order valence-corrected chi connectivity index (χ3v) is 6.82. The Morgan fingerprint density at radius 1 is 1.15 bits per heavy atom. The molecule has 0 bridgehead atoms. The summed E-state index contributed by atoms with van der Waals surface area (Å²) in [5, 5.41) is 10.8. The summed E-state index contributed by atoms with van der Waals surface area (Å²) in [5.41, 5.74) is 1.94. The zero-order valence-electron chi connectivity index (χ0n) is 14.6. The van der Waals surface area contributed by atoms with Crippen molar-refractivity contribution in [1.29, 1.82) is 0 Å². The van der Waals surface area contributed by atoms with Crippen LogP contribution in [0.25, 0.3) is 0 Å². The summed E-state index contributed by atoms with van der Waals surface area (Å²) in [6, 6.07) is 10.0. The lowest BCUT2D eigenvalue weighted by molar-refractivity contribution is -0.0501. The van der Waals surface area contributed by atoms with Gasteiger partial charge in [-0.3, -0.25) is 4.90 Å². The van der Waals surface area contributed by atoms with Crippen molar-refractivity contribution in [3.8, 4) is 5.75 Å². The molecule has 2 aromatic rings. The van der Waals surface area contributed by atoms with Gasteiger partial charge in [0.15, 0.2) is 9.84 Å². The molecule has 0 unspecified atom stereocenters. The van der Waals surface area contributed by atoms with E-state index in [9.17, 15) is 13.5 Å². The highest BCUT2D eigenvalue weighted by Crippen LogP contribution is 2.43. The summed E-state index contributed by atoms with van der Waals surface area (Å²) >= 11 is 12.6. The fourth-order valence-corrected chi connectivity index (χ4v) is 4.97. The molecular formula is C19H19Cl2NO4S. The molecule has 0 saturated carbocycles. The smallest absolute Gasteiger partial charge is 0.175 e. The van der Waals surface area contributed by atoms with E-state index in [-0.39, 0.29) is 23.1 Å². The van der Waals surface area contributed by atoms with Crippen LogP contribution in [0.4, 0.5) is 0 Å². The molecule has 27 heavy (non-hydrogen) atoms. The van der Waals surface area contributed by atoms with Crippen LogP contribution in [0.5, 0.6) is 5.75 Å². The average molecular weight is 428 g/mol. The molecule has 8 heteroatoms. The maximum absolute atomic E-state index is 11.6. The second kappa shape index (κ2) is 6.94. The van der Waals surface area contributed by atoms with Crippen molar-refractivity contribution in [2.75, 3.05) is 19.3 Å². The average Bonchev–Trinajstić information content (AvgIpc) is 2.90. The van der Waals surface area contributed by atoms with Crippen LogP contribution < -0.4 is 4.74 Å². The molecule has 2 aromatic carbocycles. The van der Waals surface area contributed by atoms with E-state index in [4.69, 9.17) is 27.9 Å². The number of halogens is 2. The molecule has 0 amide bonds. The third-order valence-electron chi connectivity index (χ3n) is 5.14. The maximum atomic E-state index is 11.6. The zero-order valence-corrected chi connectivity index (χ0v) is 16.9. The van der Waals surface area contributed by atoms with Gasteiger partial charge in [-0.2, -0.15) is 0 Å². The number of hydrogen-bond acceptors (Lipinski definition) is 5. The predicted molar refractivity (Wildman–Crippen MR) is 104 cm³/mol. The second-order valence-electron chi connectivity index (χ2n) is 7.12. The Hall–Kier alpha value is -1.31. The molecule has 0 aromatic heterocycles. The first kappa shape index (κ1) is 19.0. The molecule has 0 radical (unpaired) electrons. The highest BCUT2D eigenvalue weighted by Gasteiger charge is 2.43. The van der Waals surface area contributed by atoms with Gasteiger partial charge < -0.3 is 9.84 Å². The summed E-state index contributed by atoms with van der Waals surface area (Å²) in [5.74, 6) is 0.572. The van der Waals surface area contributed by atoms with Crippen LogP contribution in [0.1, 0.15) is 17.2 Å². The Balaban J connectivity index is 1.66. The number of sulfone groups is 1. The van der Waals surface area contributed by atoms with Gasteiger partial charge in [0.1, 0.15) is 11.9 Å². The van der Waals surface area contributed by atoms with Crippen molar-refractivity contribution in [1.82, 2.24) is 4.90 Å². The van der Waals surface area contributed by atoms with E-state index in [1.54, 1.807) is 18.2 Å². The van der Waals surface area contributed by atoms with E-state index in [1.807, 2.05) is 6.07 Å². The van der Waals surface area contributed by atoms with Crippen LogP contribution in [-0.4, -0.2) is 49.9 Å². The molecule has 1 N–H and O–H groups in total. The van der Waals surface area contributed by atoms with E-state index >= 15 is 0 Å². The molecular weight excluding hydrogens is 409 g/mol. The molecule has 2 atom stereocenters. The second-order valence-corrected chi connectivity index (χ2v) is 9.98. The molecule has 1 heterocycles. The number of hydrogen-bond donors (Lipinski definition) is 1. The number of β-amino-alcohol motifs (C(OH)–C–C–N with tert-alkyl or cyclic N) is 1. The van der Waals surface area contributed by atoms with Crippen molar-refractivity contribution >= 4 is 33.0 Å². The van der Waals surface area contributed by atoms with Gasteiger partial charge in [0.2, 0.25) is 0 Å². The molecule has 144 valence electrons. The number of ether oxygens (including phenoxy) is 1. The number of aliphatic hydroxyl groups is 1. The van der Waals surface area contributed by atoms with Crippen molar-refractivity contribution in [3.63, 3.8) is 0 Å². The Bertz CT molecular complexity index is 972. The lowest BCUT2D eigenvalue weighted by atomic mass is 10.0. The first-order valence-corrected chi connectivity index (χ1v) is 11.2. The number of aliphatic hydroxyl groups excluding tert-OH is 1. The molecule has 5 nitrogen and oxygen atoms in total. The van der Waals surface area contributed by atoms with Gasteiger partial charge in [0.05, 0.1) is 17.0 Å². The third kappa shape index (κ3) is 3.69. The molecule has 2 aliphatic rings. The first-order chi connectivity index (χ1) is 12.7. The Morgan fingerprint density at radius 2 is 1.81 bits per heavy atom. The van der Waals surface area contributed by atoms with Crippen LogP contribution in [-0.2, 0) is 16.3 Å². The van der Waals surface area contributed by atoms with Gasteiger partial charge in [-0.1, -0.05) is 23.2 Å². The van der Waals surface area contributed by atoms with Gasteiger partial charge >= 0.3 is 0 Å². The molecule has 1 aliphatic carbocycles. The SMILES string of the molecule is CS(=O)(=O)c1ccc(O[C@@H]2c3cc(Cl)cc(Cl)c3C[C@@H]2N2CC(O)C2)cc1. The first-order valence-electron chi connectivity index (χ1n) is 8.59. The van der Waals surface area contributed by atoms with Crippen LogP contribution in [0, 0.1) is 0 Å². The van der Waals surface area contributed by atoms with Crippen LogP contribution in [0.15, 0.2) is 41.3 Å². The lowest BCUT2D eigenvalue weighted by Crippen LogP contribution is -2.57. The quantitative estimate of drug-likeness (QED) is 0.811. The number of nitrogens with zero attached hydrogens (tertiary/aromatic N) is 1. The van der Waals surface area contributed by atoms with Gasteiger partial charge in [0, 0.05) is 35.0 Å². The van der Waals surface area contributed by atoms with Crippen LogP contribution in [0.2, 0.25) is 10.0 Å². The van der Waals surface area contributed by atoms with Gasteiger partial charge in [-0.25, -0.2) is 8.42 Å². The summed E-state index contributed by atoms with van der Waals surface area (Å²) in [7, 11) is -3.26. The topological polar surface area (TPSA) is 66.8 Å². The highest BCUT2D eigenvalue weighted by molar-refractivity contribution is 7.90. The highest BCUT2D eigenvalue weighted by atomic mass is 35.5. The molecule has 1 saturated heterocycles. The minimum Gasteiger partial charge on any atom is -0.484 e. The van der Waals surface area contributed by atoms with Crippen molar-refractivity contribution in [3.05, 3.63) is 57.6 Å². The fraction of sp³-hybridized carbons (Fsp3) is 0.368.